The topological polar surface area (TPSA) is 132 Å². The fraction of sp³-hybridized carbons (Fsp3) is 0. The molecule has 0 saturated heterocycles. The van der Waals surface area contributed by atoms with Crippen LogP contribution in [0.25, 0.3) is 248 Å². The summed E-state index contributed by atoms with van der Waals surface area (Å²) in [6.07, 6.45) is 9.02. The van der Waals surface area contributed by atoms with E-state index in [9.17, 15) is 0 Å². The summed E-state index contributed by atoms with van der Waals surface area (Å²) in [5, 5.41) is 20.6. The summed E-state index contributed by atoms with van der Waals surface area (Å²) in [5.74, 6) is 2.74. The average Bonchev–Trinajstić information content (AvgIpc) is 1.56. The average molecular weight is 1610 g/mol. The van der Waals surface area contributed by atoms with Crippen LogP contribution in [0, 0.1) is 0 Å². The summed E-state index contributed by atoms with van der Waals surface area (Å²) < 4.78 is 26.0. The van der Waals surface area contributed by atoms with E-state index in [1.54, 1.807) is 18.6 Å². The summed E-state index contributed by atoms with van der Waals surface area (Å²) in [6, 6.07) is 136. The zero-order valence-electron chi connectivity index (χ0n) is 67.6. The van der Waals surface area contributed by atoms with E-state index in [-0.39, 0.29) is 0 Å². The van der Waals surface area contributed by atoms with Gasteiger partial charge in [-0.2, -0.15) is 0 Å². The van der Waals surface area contributed by atoms with Crippen LogP contribution >= 0.6 is 0 Å². The lowest BCUT2D eigenvalue weighted by molar-refractivity contribution is 0.655. The lowest BCUT2D eigenvalue weighted by Crippen LogP contribution is -1.98. The first-order valence-electron chi connectivity index (χ1n) is 42.3. The van der Waals surface area contributed by atoms with Crippen molar-refractivity contribution in [3.63, 3.8) is 0 Å². The molecule has 27 rings (SSSR count). The van der Waals surface area contributed by atoms with Crippen molar-refractivity contribution >= 4 is 164 Å². The fourth-order valence-electron chi connectivity index (χ4n) is 19.3. The van der Waals surface area contributed by atoms with Gasteiger partial charge in [-0.05, 0) is 110 Å². The molecule has 9 aromatic heterocycles. The van der Waals surface area contributed by atoms with Crippen LogP contribution in [0.5, 0.6) is 0 Å². The third kappa shape index (κ3) is 11.5. The zero-order valence-corrected chi connectivity index (χ0v) is 67.6. The van der Waals surface area contributed by atoms with Gasteiger partial charge in [0.1, 0.15) is 39.8 Å². The lowest BCUT2D eigenvalue weighted by Gasteiger charge is -2.14. The number of hydrogen-bond acceptors (Lipinski definition) is 9. The summed E-state index contributed by atoms with van der Waals surface area (Å²) in [4.78, 5) is 29.1. The molecule has 9 heterocycles. The van der Waals surface area contributed by atoms with E-state index in [4.69, 9.17) is 28.2 Å². The zero-order chi connectivity index (χ0) is 82.9. The maximum atomic E-state index is 6.38. The van der Waals surface area contributed by atoms with Crippen LogP contribution in [0.2, 0.25) is 0 Å². The molecular formula is C114H69N9O3. The number of imidazole rings is 3. The van der Waals surface area contributed by atoms with Gasteiger partial charge in [0.25, 0.3) is 0 Å². The molecule has 0 fully saturated rings. The van der Waals surface area contributed by atoms with E-state index in [0.29, 0.717) is 5.71 Å². The van der Waals surface area contributed by atoms with Gasteiger partial charge in [0.15, 0.2) is 5.58 Å². The molecule has 0 saturated carbocycles. The van der Waals surface area contributed by atoms with Crippen LogP contribution in [0.1, 0.15) is 0 Å². The number of aromatic nitrogens is 9. The van der Waals surface area contributed by atoms with E-state index in [2.05, 4.69) is 381 Å². The first kappa shape index (κ1) is 71.7. The maximum Gasteiger partial charge on any atom is 0.227 e. The van der Waals surface area contributed by atoms with Crippen LogP contribution < -0.4 is 0 Å². The highest BCUT2D eigenvalue weighted by Gasteiger charge is 2.27. The second-order valence-corrected chi connectivity index (χ2v) is 31.9. The van der Waals surface area contributed by atoms with Gasteiger partial charge in [0.2, 0.25) is 5.71 Å². The van der Waals surface area contributed by atoms with Gasteiger partial charge >= 0.3 is 0 Å². The van der Waals surface area contributed by atoms with Crippen molar-refractivity contribution in [2.75, 3.05) is 0 Å². The van der Waals surface area contributed by atoms with Crippen LogP contribution in [-0.2, 0) is 0 Å². The van der Waals surface area contributed by atoms with Crippen LogP contribution in [0.3, 0.4) is 0 Å². The monoisotopic (exact) mass is 1610 g/mol. The third-order valence-corrected chi connectivity index (χ3v) is 24.8. The first-order valence-corrected chi connectivity index (χ1v) is 42.3. The minimum Gasteiger partial charge on any atom is -0.455 e. The van der Waals surface area contributed by atoms with Crippen molar-refractivity contribution < 1.29 is 13.3 Å². The molecule has 588 valence electrons. The molecule has 18 aromatic carbocycles. The van der Waals surface area contributed by atoms with Crippen LogP contribution in [-0.4, -0.2) is 43.6 Å². The minimum absolute atomic E-state index is 0.654. The molecule has 12 heteroatoms. The highest BCUT2D eigenvalue weighted by Crippen LogP contribution is 2.47. The highest BCUT2D eigenvalue weighted by molar-refractivity contribution is 6.27. The molecule has 0 N–H and O–H groups in total. The molecule has 27 aromatic rings. The van der Waals surface area contributed by atoms with Gasteiger partial charge in [0, 0.05) is 140 Å². The fourth-order valence-corrected chi connectivity index (χ4v) is 19.3. The normalized spacial score (nSPS) is 11.8. The Balaban J connectivity index is 0.000000103. The van der Waals surface area contributed by atoms with Gasteiger partial charge in [-0.15, -0.1) is 0 Å². The number of para-hydroxylation sites is 3. The molecule has 0 bridgehead atoms. The molecule has 12 nitrogen and oxygen atoms in total. The molecule has 0 aliphatic rings. The predicted molar refractivity (Wildman–Crippen MR) is 516 cm³/mol. The van der Waals surface area contributed by atoms with Gasteiger partial charge in [0.05, 0.1) is 39.3 Å². The van der Waals surface area contributed by atoms with E-state index in [1.165, 1.54) is 48.5 Å². The summed E-state index contributed by atoms with van der Waals surface area (Å²) in [6.45, 7) is 0. The molecule has 0 atom stereocenters. The Morgan fingerprint density at radius 1 is 0.198 bits per heavy atom. The molecule has 126 heavy (non-hydrogen) atoms. The van der Waals surface area contributed by atoms with Gasteiger partial charge in [-0.25, -0.2) is 19.9 Å². The Bertz CT molecular complexity index is 8240. The molecule has 0 unspecified atom stereocenters. The Labute approximate surface area is 719 Å². The van der Waals surface area contributed by atoms with Crippen LogP contribution in [0.15, 0.2) is 432 Å². The molecular weight excluding hydrogens is 1540 g/mol. The van der Waals surface area contributed by atoms with Crippen molar-refractivity contribution in [1.82, 2.24) is 43.6 Å². The van der Waals surface area contributed by atoms with E-state index in [0.717, 1.165) is 194 Å². The van der Waals surface area contributed by atoms with Gasteiger partial charge < -0.3 is 13.3 Å². The van der Waals surface area contributed by atoms with Crippen molar-refractivity contribution in [2.45, 2.75) is 0 Å². The molecule has 0 spiro atoms. The predicted octanol–water partition coefficient (Wildman–Crippen LogP) is 29.9. The van der Waals surface area contributed by atoms with Crippen LogP contribution in [0.4, 0.5) is 0 Å². The summed E-state index contributed by atoms with van der Waals surface area (Å²) >= 11 is 0. The van der Waals surface area contributed by atoms with Gasteiger partial charge in [-0.1, -0.05) is 328 Å². The Hall–Kier alpha value is -17.2. The van der Waals surface area contributed by atoms with E-state index in [1.807, 2.05) is 48.8 Å². The van der Waals surface area contributed by atoms with Gasteiger partial charge in [-0.3, -0.25) is 23.7 Å². The second-order valence-electron chi connectivity index (χ2n) is 31.9. The summed E-state index contributed by atoms with van der Waals surface area (Å²) in [7, 11) is 0. The number of benzene rings is 18. The second kappa shape index (κ2) is 29.3. The lowest BCUT2D eigenvalue weighted by atomic mass is 9.99. The number of nitrogens with zero attached hydrogens (tertiary/aromatic N) is 9. The quantitative estimate of drug-likeness (QED) is 0.130. The van der Waals surface area contributed by atoms with Crippen molar-refractivity contribution in [2.24, 2.45) is 0 Å². The number of furan rings is 3. The highest BCUT2D eigenvalue weighted by atomic mass is 16.3. The number of fused-ring (bicyclic) bond motifs is 27. The Morgan fingerprint density at radius 3 is 0.929 bits per heavy atom. The number of hydrogen-bond donors (Lipinski definition) is 0. The SMILES string of the molecule is c1ccc(-c2nc3c4ccccc4c4ccccc4c3n2-c2cccc(-c3cccc4c3oc3ccncc34)c2)cc1.c1ccc(-c2nc3c4ccccc4c4ccccc4c3n2-c2cccc(-c3cccc4c3oc3cnccc34)c2)cc1.c1ccc(-c2nc3c4ccccc4c4ccccc4c3n2-c2cccc(-c3cccc4c3oc3ncccc34)c2)cc1. The first-order chi connectivity index (χ1) is 62.5. The molecule has 0 aliphatic carbocycles. The Kier molecular flexibility index (Phi) is 16.7. The summed E-state index contributed by atoms with van der Waals surface area (Å²) in [5.41, 5.74) is 23.9. The maximum absolute atomic E-state index is 6.38. The standard InChI is InChI=1S/3C38H23N3O/c1-2-11-24(12-3-1)37-40-34-30-17-6-4-15-28(30)29-16-5-7-18-31(29)35(34)41(37)26-14-8-13-25(23-26)27-19-9-20-32-33-21-10-22-39-38(33)42-36(27)32;1-2-10-24(11-3-1)38-40-35-31-16-6-4-14-28(31)29-15-5-7-17-32(29)36(35)41(38)26-13-8-12-25(22-26)27-18-9-19-33-30-20-21-39-23-34(30)42-37(27)33;1-2-10-24(11-3-1)38-40-35-30-16-6-4-14-28(30)29-15-5-7-17-31(29)36(35)41(38)26-13-8-12-25(22-26)27-18-9-19-32-33-23-39-21-20-34(33)42-37(27)32/h3*1-23H. The minimum atomic E-state index is 0.654. The van der Waals surface area contributed by atoms with E-state index >= 15 is 0 Å². The largest absolute Gasteiger partial charge is 0.455 e. The molecule has 0 aliphatic heterocycles. The number of pyridine rings is 3. The smallest absolute Gasteiger partial charge is 0.227 e. The van der Waals surface area contributed by atoms with E-state index < -0.39 is 0 Å². The van der Waals surface area contributed by atoms with Crippen molar-refractivity contribution in [3.8, 4) is 84.6 Å². The third-order valence-electron chi connectivity index (χ3n) is 24.8. The van der Waals surface area contributed by atoms with Crippen molar-refractivity contribution in [3.05, 3.63) is 419 Å². The van der Waals surface area contributed by atoms with Crippen molar-refractivity contribution in [1.29, 1.82) is 0 Å². The Morgan fingerprint density at radius 2 is 0.508 bits per heavy atom. The molecule has 0 amide bonds. The molecule has 0 radical (unpaired) electrons. The number of rotatable bonds is 9.